The van der Waals surface area contributed by atoms with Gasteiger partial charge in [-0.25, -0.2) is 4.79 Å². The molecule has 20 heavy (non-hydrogen) atoms. The maximum Gasteiger partial charge on any atom is 0.340 e. The molecule has 1 aliphatic rings. The number of carbonyl (C=O) groups excluding carboxylic acids is 2. The summed E-state index contributed by atoms with van der Waals surface area (Å²) in [6, 6.07) is 6.86. The Balaban J connectivity index is 2.17. The Bertz CT molecular complexity index is 504. The highest BCUT2D eigenvalue weighted by atomic mass is 16.5. The highest BCUT2D eigenvalue weighted by Crippen LogP contribution is 2.41. The average Bonchev–Trinajstić information content (AvgIpc) is 2.39. The summed E-state index contributed by atoms with van der Waals surface area (Å²) < 4.78 is 4.99. The first kappa shape index (κ1) is 14.5. The summed E-state index contributed by atoms with van der Waals surface area (Å²) in [6.07, 6.45) is 2.62. The number of hydrogen-bond donors (Lipinski definition) is 2. The zero-order valence-corrected chi connectivity index (χ0v) is 11.6. The van der Waals surface area contributed by atoms with E-state index in [9.17, 15) is 9.59 Å². The number of carbonyl (C=O) groups is 2. The van der Waals surface area contributed by atoms with Crippen molar-refractivity contribution in [3.05, 3.63) is 29.8 Å². The van der Waals surface area contributed by atoms with Crippen molar-refractivity contribution >= 4 is 17.6 Å². The van der Waals surface area contributed by atoms with Gasteiger partial charge in [0.05, 0.1) is 23.3 Å². The van der Waals surface area contributed by atoms with Crippen LogP contribution in [0.1, 0.15) is 36.5 Å². The Morgan fingerprint density at radius 1 is 1.35 bits per heavy atom. The third-order valence-corrected chi connectivity index (χ3v) is 3.85. The second-order valence-electron chi connectivity index (χ2n) is 5.06. The molecular formula is C15H20N2O3. The number of para-hydroxylation sites is 1. The molecule has 3 N–H and O–H groups in total. The zero-order chi connectivity index (χ0) is 14.6. The maximum atomic E-state index is 12.3. The lowest BCUT2D eigenvalue weighted by Crippen LogP contribution is -2.47. The minimum absolute atomic E-state index is 0.108. The number of amides is 1. The number of nitrogens with two attached hydrogens (primary N) is 1. The van der Waals surface area contributed by atoms with Crippen molar-refractivity contribution in [2.75, 3.05) is 18.5 Å². The van der Waals surface area contributed by atoms with E-state index in [1.807, 2.05) is 0 Å². The standard InChI is InChI=1S/C15H20N2O3/c1-2-20-13(18)11-6-3-4-7-12(11)17-14(19)15(10-16)8-5-9-15/h3-4,6-7H,2,5,8-10,16H2,1H3,(H,17,19). The molecule has 1 fully saturated rings. The number of nitrogens with one attached hydrogen (secondary N) is 1. The quantitative estimate of drug-likeness (QED) is 0.805. The molecule has 2 rings (SSSR count). The van der Waals surface area contributed by atoms with Gasteiger partial charge in [0.15, 0.2) is 0 Å². The number of esters is 1. The van der Waals surface area contributed by atoms with Gasteiger partial charge < -0.3 is 15.8 Å². The van der Waals surface area contributed by atoms with Crippen LogP contribution in [0.2, 0.25) is 0 Å². The smallest absolute Gasteiger partial charge is 0.340 e. The first-order chi connectivity index (χ1) is 9.63. The number of anilines is 1. The Kier molecular flexibility index (Phi) is 4.39. The van der Waals surface area contributed by atoms with E-state index < -0.39 is 11.4 Å². The average molecular weight is 276 g/mol. The number of rotatable bonds is 5. The predicted octanol–water partition coefficient (Wildman–Crippen LogP) is 1.93. The Morgan fingerprint density at radius 3 is 2.60 bits per heavy atom. The molecule has 1 aromatic rings. The second-order valence-corrected chi connectivity index (χ2v) is 5.06. The summed E-state index contributed by atoms with van der Waals surface area (Å²) in [6.45, 7) is 2.38. The van der Waals surface area contributed by atoms with E-state index in [4.69, 9.17) is 10.5 Å². The zero-order valence-electron chi connectivity index (χ0n) is 11.6. The van der Waals surface area contributed by atoms with Crippen LogP contribution < -0.4 is 11.1 Å². The molecule has 1 amide bonds. The van der Waals surface area contributed by atoms with Crippen molar-refractivity contribution in [3.63, 3.8) is 0 Å². The predicted molar refractivity (Wildman–Crippen MR) is 76.4 cm³/mol. The summed E-state index contributed by atoms with van der Waals surface area (Å²) in [5.41, 5.74) is 6.10. The molecule has 0 bridgehead atoms. The number of benzene rings is 1. The van der Waals surface area contributed by atoms with Crippen LogP contribution in [0, 0.1) is 5.41 Å². The van der Waals surface area contributed by atoms with Crippen LogP contribution in [0.3, 0.4) is 0 Å². The molecule has 0 spiro atoms. The molecule has 0 saturated heterocycles. The second kappa shape index (κ2) is 6.05. The third kappa shape index (κ3) is 2.67. The lowest BCUT2D eigenvalue weighted by atomic mass is 9.68. The van der Waals surface area contributed by atoms with Gasteiger partial charge in [-0.1, -0.05) is 18.6 Å². The molecule has 0 aromatic heterocycles. The van der Waals surface area contributed by atoms with Crippen LogP contribution in [-0.4, -0.2) is 25.0 Å². The highest BCUT2D eigenvalue weighted by Gasteiger charge is 2.43. The molecule has 0 unspecified atom stereocenters. The SMILES string of the molecule is CCOC(=O)c1ccccc1NC(=O)C1(CN)CCC1. The van der Waals surface area contributed by atoms with Gasteiger partial charge in [-0.15, -0.1) is 0 Å². The van der Waals surface area contributed by atoms with Crippen LogP contribution in [-0.2, 0) is 9.53 Å². The van der Waals surface area contributed by atoms with Gasteiger partial charge in [0, 0.05) is 6.54 Å². The van der Waals surface area contributed by atoms with Crippen molar-refractivity contribution in [2.24, 2.45) is 11.1 Å². The van der Waals surface area contributed by atoms with E-state index in [2.05, 4.69) is 5.32 Å². The Hall–Kier alpha value is -1.88. The van der Waals surface area contributed by atoms with Crippen LogP contribution >= 0.6 is 0 Å². The van der Waals surface area contributed by atoms with Crippen LogP contribution in [0.5, 0.6) is 0 Å². The van der Waals surface area contributed by atoms with Crippen LogP contribution in [0.4, 0.5) is 5.69 Å². The fraction of sp³-hybridized carbons (Fsp3) is 0.467. The molecule has 5 nitrogen and oxygen atoms in total. The van der Waals surface area contributed by atoms with Gasteiger partial charge >= 0.3 is 5.97 Å². The molecule has 0 radical (unpaired) electrons. The molecular weight excluding hydrogens is 256 g/mol. The molecule has 1 aliphatic carbocycles. The first-order valence-electron chi connectivity index (χ1n) is 6.90. The topological polar surface area (TPSA) is 81.4 Å². The molecule has 0 aliphatic heterocycles. The fourth-order valence-corrected chi connectivity index (χ4v) is 2.36. The molecule has 1 saturated carbocycles. The fourth-order valence-electron chi connectivity index (χ4n) is 2.36. The lowest BCUT2D eigenvalue weighted by Gasteiger charge is -2.39. The minimum Gasteiger partial charge on any atom is -0.462 e. The van der Waals surface area contributed by atoms with Gasteiger partial charge in [-0.2, -0.15) is 0 Å². The van der Waals surface area contributed by atoms with E-state index in [0.717, 1.165) is 19.3 Å². The van der Waals surface area contributed by atoms with Gasteiger partial charge in [0.2, 0.25) is 5.91 Å². The summed E-state index contributed by atoms with van der Waals surface area (Å²) >= 11 is 0. The largest absolute Gasteiger partial charge is 0.462 e. The van der Waals surface area contributed by atoms with Gasteiger partial charge in [0.25, 0.3) is 0 Å². The molecule has 1 aromatic carbocycles. The van der Waals surface area contributed by atoms with Crippen molar-refractivity contribution < 1.29 is 14.3 Å². The van der Waals surface area contributed by atoms with Crippen molar-refractivity contribution in [1.82, 2.24) is 0 Å². The lowest BCUT2D eigenvalue weighted by molar-refractivity contribution is -0.129. The molecule has 108 valence electrons. The van der Waals surface area contributed by atoms with E-state index in [1.165, 1.54) is 0 Å². The highest BCUT2D eigenvalue weighted by molar-refractivity contribution is 6.03. The third-order valence-electron chi connectivity index (χ3n) is 3.85. The summed E-state index contributed by atoms with van der Waals surface area (Å²) in [7, 11) is 0. The van der Waals surface area contributed by atoms with E-state index >= 15 is 0 Å². The number of hydrogen-bond acceptors (Lipinski definition) is 4. The molecule has 0 heterocycles. The van der Waals surface area contributed by atoms with Gasteiger partial charge in [-0.3, -0.25) is 4.79 Å². The molecule has 0 atom stereocenters. The minimum atomic E-state index is -0.470. The summed E-state index contributed by atoms with van der Waals surface area (Å²) in [5, 5.41) is 2.82. The van der Waals surface area contributed by atoms with Crippen molar-refractivity contribution in [2.45, 2.75) is 26.2 Å². The van der Waals surface area contributed by atoms with Crippen LogP contribution in [0.25, 0.3) is 0 Å². The Morgan fingerprint density at radius 2 is 2.05 bits per heavy atom. The van der Waals surface area contributed by atoms with Crippen molar-refractivity contribution in [1.29, 1.82) is 0 Å². The maximum absolute atomic E-state index is 12.3. The van der Waals surface area contributed by atoms with E-state index in [1.54, 1.807) is 31.2 Å². The summed E-state index contributed by atoms with van der Waals surface area (Å²) in [4.78, 5) is 24.2. The van der Waals surface area contributed by atoms with E-state index in [0.29, 0.717) is 24.4 Å². The van der Waals surface area contributed by atoms with E-state index in [-0.39, 0.29) is 5.91 Å². The summed E-state index contributed by atoms with van der Waals surface area (Å²) in [5.74, 6) is -0.540. The van der Waals surface area contributed by atoms with Crippen LogP contribution in [0.15, 0.2) is 24.3 Å². The molecule has 5 heteroatoms. The Labute approximate surface area is 118 Å². The van der Waals surface area contributed by atoms with Crippen molar-refractivity contribution in [3.8, 4) is 0 Å². The van der Waals surface area contributed by atoms with Gasteiger partial charge in [-0.05, 0) is 31.9 Å². The van der Waals surface area contributed by atoms with Gasteiger partial charge in [0.1, 0.15) is 0 Å². The normalized spacial score (nSPS) is 16.1. The monoisotopic (exact) mass is 276 g/mol. The number of ether oxygens (including phenoxy) is 1. The first-order valence-corrected chi connectivity index (χ1v) is 6.90.